The summed E-state index contributed by atoms with van der Waals surface area (Å²) in [7, 11) is 1.28. The van der Waals surface area contributed by atoms with Crippen molar-refractivity contribution in [2.75, 3.05) is 25.9 Å². The van der Waals surface area contributed by atoms with Gasteiger partial charge in [-0.2, -0.15) is 0 Å². The van der Waals surface area contributed by atoms with E-state index in [9.17, 15) is 9.59 Å². The van der Waals surface area contributed by atoms with Gasteiger partial charge in [0.25, 0.3) is 0 Å². The van der Waals surface area contributed by atoms with Crippen molar-refractivity contribution in [3.05, 3.63) is 11.5 Å². The van der Waals surface area contributed by atoms with Gasteiger partial charge in [-0.3, -0.25) is 4.79 Å². The van der Waals surface area contributed by atoms with Crippen LogP contribution in [-0.4, -0.2) is 46.5 Å². The van der Waals surface area contributed by atoms with Crippen LogP contribution >= 0.6 is 0 Å². The summed E-state index contributed by atoms with van der Waals surface area (Å²) in [4.78, 5) is 29.3. The summed E-state index contributed by atoms with van der Waals surface area (Å²) in [5, 5.41) is 0. The van der Waals surface area contributed by atoms with E-state index in [0.717, 1.165) is 0 Å². The molecule has 112 valence electrons. The number of anilines is 1. The van der Waals surface area contributed by atoms with Crippen LogP contribution in [0.4, 0.5) is 5.82 Å². The fourth-order valence-electron chi connectivity index (χ4n) is 2.05. The second-order valence-electron chi connectivity index (χ2n) is 4.35. The zero-order valence-corrected chi connectivity index (χ0v) is 12.5. The molecule has 1 heterocycles. The third kappa shape index (κ3) is 3.28. The Kier molecular flexibility index (Phi) is 5.54. The van der Waals surface area contributed by atoms with Gasteiger partial charge in [-0.25, -0.2) is 9.78 Å². The van der Waals surface area contributed by atoms with E-state index in [4.69, 9.17) is 5.73 Å². The van der Waals surface area contributed by atoms with Gasteiger partial charge < -0.3 is 19.9 Å². The van der Waals surface area contributed by atoms with E-state index in [0.29, 0.717) is 31.9 Å². The third-order valence-corrected chi connectivity index (χ3v) is 3.24. The molecule has 0 bridgehead atoms. The number of aromatic nitrogens is 2. The van der Waals surface area contributed by atoms with Gasteiger partial charge in [0.2, 0.25) is 5.91 Å². The first-order valence-electron chi connectivity index (χ1n) is 6.64. The van der Waals surface area contributed by atoms with Crippen LogP contribution in [0.2, 0.25) is 0 Å². The Bertz CT molecular complexity index is 492. The molecule has 0 spiro atoms. The fraction of sp³-hybridized carbons (Fsp3) is 0.615. The first-order chi connectivity index (χ1) is 9.46. The number of carbonyl (C=O) groups excluding carboxylic acids is 2. The molecular weight excluding hydrogens is 260 g/mol. The highest BCUT2D eigenvalue weighted by Gasteiger charge is 2.20. The minimum absolute atomic E-state index is 0.0575. The Morgan fingerprint density at radius 1 is 1.35 bits per heavy atom. The molecule has 1 aromatic rings. The molecule has 0 saturated carbocycles. The number of nitrogens with zero attached hydrogens (tertiary/aromatic N) is 3. The van der Waals surface area contributed by atoms with E-state index in [1.807, 2.05) is 13.8 Å². The zero-order valence-electron chi connectivity index (χ0n) is 12.5. The lowest BCUT2D eigenvalue weighted by Gasteiger charge is -2.19. The van der Waals surface area contributed by atoms with E-state index in [-0.39, 0.29) is 17.4 Å². The minimum Gasteiger partial charge on any atom is -0.464 e. The molecular formula is C13H22N4O3. The lowest BCUT2D eigenvalue weighted by atomic mass is 10.3. The topological polar surface area (TPSA) is 90.5 Å². The maximum Gasteiger partial charge on any atom is 0.360 e. The lowest BCUT2D eigenvalue weighted by Crippen LogP contribution is -2.31. The number of aryl methyl sites for hydroxylation is 1. The zero-order chi connectivity index (χ0) is 15.3. The molecule has 0 aliphatic carbocycles. The standard InChI is InChI=1S/C13H22N4O3/c1-5-16(6-2)10(18)7-8-17-9(3)15-11(12(17)14)13(19)20-4/h5-8,14H2,1-4H3. The molecule has 0 fully saturated rings. The highest BCUT2D eigenvalue weighted by atomic mass is 16.5. The predicted molar refractivity (Wildman–Crippen MR) is 75.3 cm³/mol. The van der Waals surface area contributed by atoms with Crippen molar-refractivity contribution in [1.29, 1.82) is 0 Å². The fourth-order valence-corrected chi connectivity index (χ4v) is 2.05. The number of hydrogen-bond acceptors (Lipinski definition) is 5. The SMILES string of the molecule is CCN(CC)C(=O)CCn1c(C)nc(C(=O)OC)c1N. The van der Waals surface area contributed by atoms with Crippen LogP contribution < -0.4 is 5.73 Å². The number of carbonyl (C=O) groups is 2. The molecule has 1 amide bonds. The molecule has 0 aromatic carbocycles. The van der Waals surface area contributed by atoms with Crippen molar-refractivity contribution in [1.82, 2.24) is 14.5 Å². The predicted octanol–water partition coefficient (Wildman–Crippen LogP) is 0.819. The summed E-state index contributed by atoms with van der Waals surface area (Å²) in [6, 6.07) is 0. The highest BCUT2D eigenvalue weighted by molar-refractivity contribution is 5.92. The third-order valence-electron chi connectivity index (χ3n) is 3.24. The Hall–Kier alpha value is -2.05. The van der Waals surface area contributed by atoms with Gasteiger partial charge >= 0.3 is 5.97 Å². The maximum absolute atomic E-state index is 12.0. The van der Waals surface area contributed by atoms with Gasteiger partial charge in [0.15, 0.2) is 5.69 Å². The average molecular weight is 282 g/mol. The number of nitrogens with two attached hydrogens (primary N) is 1. The molecule has 0 unspecified atom stereocenters. The number of imidazole rings is 1. The summed E-state index contributed by atoms with van der Waals surface area (Å²) in [6.45, 7) is 7.38. The second-order valence-corrected chi connectivity index (χ2v) is 4.35. The van der Waals surface area contributed by atoms with E-state index < -0.39 is 5.97 Å². The Morgan fingerprint density at radius 2 is 1.95 bits per heavy atom. The summed E-state index contributed by atoms with van der Waals surface area (Å²) in [5.41, 5.74) is 5.98. The molecule has 7 heteroatoms. The number of esters is 1. The van der Waals surface area contributed by atoms with Crippen molar-refractivity contribution in [2.45, 2.75) is 33.7 Å². The van der Waals surface area contributed by atoms with E-state index in [2.05, 4.69) is 9.72 Å². The van der Waals surface area contributed by atoms with Crippen LogP contribution in [-0.2, 0) is 16.1 Å². The van der Waals surface area contributed by atoms with E-state index >= 15 is 0 Å². The van der Waals surface area contributed by atoms with Crippen LogP contribution in [0, 0.1) is 6.92 Å². The first kappa shape index (κ1) is 16.0. The number of ether oxygens (including phenoxy) is 1. The van der Waals surface area contributed by atoms with Crippen molar-refractivity contribution in [3.8, 4) is 0 Å². The van der Waals surface area contributed by atoms with E-state index in [1.54, 1.807) is 16.4 Å². The number of rotatable bonds is 6. The quantitative estimate of drug-likeness (QED) is 0.780. The van der Waals surface area contributed by atoms with E-state index in [1.165, 1.54) is 7.11 Å². The molecule has 2 N–H and O–H groups in total. The molecule has 0 saturated heterocycles. The van der Waals surface area contributed by atoms with Gasteiger partial charge in [-0.15, -0.1) is 0 Å². The van der Waals surface area contributed by atoms with Crippen molar-refractivity contribution >= 4 is 17.7 Å². The summed E-state index contributed by atoms with van der Waals surface area (Å²) < 4.78 is 6.27. The van der Waals surface area contributed by atoms with Gasteiger partial charge in [0.1, 0.15) is 11.6 Å². The lowest BCUT2D eigenvalue weighted by molar-refractivity contribution is -0.131. The van der Waals surface area contributed by atoms with Crippen LogP contribution in [0.15, 0.2) is 0 Å². The molecule has 0 aliphatic heterocycles. The van der Waals surface area contributed by atoms with Gasteiger partial charge in [-0.05, 0) is 20.8 Å². The van der Waals surface area contributed by atoms with Gasteiger partial charge in [0, 0.05) is 26.1 Å². The molecule has 0 aliphatic rings. The smallest absolute Gasteiger partial charge is 0.360 e. The Labute approximate surface area is 118 Å². The molecule has 20 heavy (non-hydrogen) atoms. The summed E-state index contributed by atoms with van der Waals surface area (Å²) in [5.74, 6) is 0.318. The van der Waals surface area contributed by atoms with Crippen LogP contribution in [0.1, 0.15) is 36.6 Å². The van der Waals surface area contributed by atoms with Crippen molar-refractivity contribution < 1.29 is 14.3 Å². The Morgan fingerprint density at radius 3 is 2.45 bits per heavy atom. The molecule has 0 atom stereocenters. The number of methoxy groups -OCH3 is 1. The van der Waals surface area contributed by atoms with Gasteiger partial charge in [-0.1, -0.05) is 0 Å². The van der Waals surface area contributed by atoms with Gasteiger partial charge in [0.05, 0.1) is 7.11 Å². The molecule has 1 aromatic heterocycles. The first-order valence-corrected chi connectivity index (χ1v) is 6.64. The van der Waals surface area contributed by atoms with Crippen molar-refractivity contribution in [3.63, 3.8) is 0 Å². The number of amides is 1. The summed E-state index contributed by atoms with van der Waals surface area (Å²) in [6.07, 6.45) is 0.323. The molecule has 7 nitrogen and oxygen atoms in total. The minimum atomic E-state index is -0.570. The number of hydrogen-bond donors (Lipinski definition) is 1. The van der Waals surface area contributed by atoms with Crippen LogP contribution in [0.5, 0.6) is 0 Å². The highest BCUT2D eigenvalue weighted by Crippen LogP contribution is 2.16. The maximum atomic E-state index is 12.0. The average Bonchev–Trinajstić information content (AvgIpc) is 2.72. The number of nitrogen functional groups attached to an aromatic ring is 1. The largest absolute Gasteiger partial charge is 0.464 e. The normalized spacial score (nSPS) is 10.4. The summed E-state index contributed by atoms with van der Waals surface area (Å²) >= 11 is 0. The van der Waals surface area contributed by atoms with Crippen LogP contribution in [0.3, 0.4) is 0 Å². The van der Waals surface area contributed by atoms with Crippen LogP contribution in [0.25, 0.3) is 0 Å². The second kappa shape index (κ2) is 6.93. The molecule has 1 rings (SSSR count). The van der Waals surface area contributed by atoms with Crippen molar-refractivity contribution in [2.24, 2.45) is 0 Å². The Balaban J connectivity index is 2.81. The molecule has 0 radical (unpaired) electrons. The monoisotopic (exact) mass is 282 g/mol.